The second-order valence-electron chi connectivity index (χ2n) is 6.26. The van der Waals surface area contributed by atoms with Crippen molar-refractivity contribution < 1.29 is 18.7 Å². The van der Waals surface area contributed by atoms with Gasteiger partial charge in [0.25, 0.3) is 5.91 Å². The third kappa shape index (κ3) is 2.29. The van der Waals surface area contributed by atoms with Gasteiger partial charge in [0.15, 0.2) is 5.82 Å². The van der Waals surface area contributed by atoms with Crippen LogP contribution < -0.4 is 0 Å². The molecule has 0 unspecified atom stereocenters. The minimum absolute atomic E-state index is 0.0303. The number of alkyl halides is 2. The molecule has 1 aliphatic heterocycles. The minimum atomic E-state index is -3.77. The number of hydrogen-bond acceptors (Lipinski definition) is 4. The zero-order valence-electron chi connectivity index (χ0n) is 12.6. The predicted molar refractivity (Wildman–Crippen MR) is 73.2 cm³/mol. The molecule has 122 valence electrons. The van der Waals surface area contributed by atoms with Crippen molar-refractivity contribution in [2.24, 2.45) is 0 Å². The molecule has 22 heavy (non-hydrogen) atoms. The summed E-state index contributed by atoms with van der Waals surface area (Å²) >= 11 is 0. The normalized spacial score (nSPS) is 20.2. The molecule has 0 spiro atoms. The third-order valence-electron chi connectivity index (χ3n) is 4.70. The van der Waals surface area contributed by atoms with Gasteiger partial charge in [-0.1, -0.05) is 12.8 Å². The zero-order chi connectivity index (χ0) is 16.0. The van der Waals surface area contributed by atoms with Crippen LogP contribution in [-0.2, 0) is 24.3 Å². The van der Waals surface area contributed by atoms with Gasteiger partial charge in [0.1, 0.15) is 11.4 Å². The molecule has 1 aliphatic carbocycles. The van der Waals surface area contributed by atoms with Gasteiger partial charge in [0, 0.05) is 20.0 Å². The number of aliphatic hydroxyl groups is 1. The van der Waals surface area contributed by atoms with Gasteiger partial charge in [-0.25, -0.2) is 0 Å². The van der Waals surface area contributed by atoms with Crippen molar-refractivity contribution in [3.05, 3.63) is 11.6 Å². The van der Waals surface area contributed by atoms with E-state index in [-0.39, 0.29) is 19.4 Å². The topological polar surface area (TPSA) is 71.2 Å². The number of nitrogens with zero attached hydrogens (tertiary/aromatic N) is 4. The lowest BCUT2D eigenvalue weighted by atomic mass is 9.92. The Kier molecular flexibility index (Phi) is 3.66. The second-order valence-corrected chi connectivity index (χ2v) is 6.26. The first-order valence-corrected chi connectivity index (χ1v) is 7.62. The zero-order valence-corrected chi connectivity index (χ0v) is 12.6. The largest absolute Gasteiger partial charge is 0.383 e. The fourth-order valence-corrected chi connectivity index (χ4v) is 3.32. The van der Waals surface area contributed by atoms with Crippen molar-refractivity contribution in [3.63, 3.8) is 0 Å². The summed E-state index contributed by atoms with van der Waals surface area (Å²) in [6, 6.07) is 0. The summed E-state index contributed by atoms with van der Waals surface area (Å²) in [4.78, 5) is 13.1. The standard InChI is InChI=1S/C14H20F2N4O2/c1-19(9-11-18-17-10-5-4-8-20(10)11)12(21)14(15,16)13(22)6-2-3-7-13/h22H,2-9H2,1H3. The van der Waals surface area contributed by atoms with Crippen molar-refractivity contribution >= 4 is 5.91 Å². The van der Waals surface area contributed by atoms with Crippen LogP contribution in [0.4, 0.5) is 8.78 Å². The van der Waals surface area contributed by atoms with E-state index in [0.717, 1.165) is 30.1 Å². The van der Waals surface area contributed by atoms with Crippen LogP contribution in [0.25, 0.3) is 0 Å². The molecule has 0 saturated heterocycles. The van der Waals surface area contributed by atoms with Gasteiger partial charge in [0.2, 0.25) is 0 Å². The Balaban J connectivity index is 1.73. The first-order valence-electron chi connectivity index (χ1n) is 7.62. The Morgan fingerprint density at radius 2 is 2.05 bits per heavy atom. The maximum atomic E-state index is 14.4. The van der Waals surface area contributed by atoms with Gasteiger partial charge in [0.05, 0.1) is 6.54 Å². The fourth-order valence-electron chi connectivity index (χ4n) is 3.32. The summed E-state index contributed by atoms with van der Waals surface area (Å²) in [6.07, 6.45) is 2.72. The number of rotatable bonds is 4. The van der Waals surface area contributed by atoms with Crippen molar-refractivity contribution in [1.82, 2.24) is 19.7 Å². The molecule has 1 N–H and O–H groups in total. The molecule has 3 rings (SSSR count). The van der Waals surface area contributed by atoms with Crippen molar-refractivity contribution in [2.45, 2.75) is 63.1 Å². The molecule has 8 heteroatoms. The molecule has 0 radical (unpaired) electrons. The van der Waals surface area contributed by atoms with E-state index in [1.165, 1.54) is 7.05 Å². The monoisotopic (exact) mass is 314 g/mol. The van der Waals surface area contributed by atoms with E-state index in [1.807, 2.05) is 4.57 Å². The molecule has 2 heterocycles. The molecule has 1 aromatic heterocycles. The van der Waals surface area contributed by atoms with E-state index < -0.39 is 17.4 Å². The lowest BCUT2D eigenvalue weighted by Crippen LogP contribution is -2.56. The Labute approximate surface area is 127 Å². The minimum Gasteiger partial charge on any atom is -0.383 e. The van der Waals surface area contributed by atoms with Crippen molar-refractivity contribution in [1.29, 1.82) is 0 Å². The van der Waals surface area contributed by atoms with E-state index in [0.29, 0.717) is 18.7 Å². The molecule has 1 amide bonds. The summed E-state index contributed by atoms with van der Waals surface area (Å²) in [6.45, 7) is 0.720. The quantitative estimate of drug-likeness (QED) is 0.904. The molecule has 0 atom stereocenters. The van der Waals surface area contributed by atoms with E-state index in [1.54, 1.807) is 0 Å². The van der Waals surface area contributed by atoms with E-state index in [4.69, 9.17) is 0 Å². The van der Waals surface area contributed by atoms with E-state index >= 15 is 0 Å². The van der Waals surface area contributed by atoms with Gasteiger partial charge < -0.3 is 14.6 Å². The Morgan fingerprint density at radius 3 is 2.73 bits per heavy atom. The Hall–Kier alpha value is -1.57. The highest BCUT2D eigenvalue weighted by atomic mass is 19.3. The number of aryl methyl sites for hydroxylation is 1. The first-order chi connectivity index (χ1) is 10.3. The number of carbonyl (C=O) groups is 1. The molecule has 6 nitrogen and oxygen atoms in total. The predicted octanol–water partition coefficient (Wildman–Crippen LogP) is 1.12. The van der Waals surface area contributed by atoms with Crippen molar-refractivity contribution in [3.8, 4) is 0 Å². The molecular formula is C14H20F2N4O2. The highest BCUT2D eigenvalue weighted by Crippen LogP contribution is 2.42. The SMILES string of the molecule is CN(Cc1nnc2n1CCC2)C(=O)C(F)(F)C1(O)CCCC1. The van der Waals surface area contributed by atoms with Gasteiger partial charge in [-0.2, -0.15) is 8.78 Å². The molecule has 0 aromatic carbocycles. The van der Waals surface area contributed by atoms with Crippen molar-refractivity contribution in [2.75, 3.05) is 7.05 Å². The third-order valence-corrected chi connectivity index (χ3v) is 4.70. The number of halogens is 2. The van der Waals surface area contributed by atoms with Crippen LogP contribution in [0, 0.1) is 0 Å². The molecular weight excluding hydrogens is 294 g/mol. The maximum absolute atomic E-state index is 14.4. The number of carbonyl (C=O) groups excluding carboxylic acids is 1. The van der Waals surface area contributed by atoms with Gasteiger partial charge in [-0.05, 0) is 19.3 Å². The molecule has 1 fully saturated rings. The number of fused-ring (bicyclic) bond motifs is 1. The van der Waals surface area contributed by atoms with Gasteiger partial charge in [-0.15, -0.1) is 10.2 Å². The highest BCUT2D eigenvalue weighted by Gasteiger charge is 2.60. The Morgan fingerprint density at radius 1 is 1.36 bits per heavy atom. The van der Waals surface area contributed by atoms with E-state index in [9.17, 15) is 18.7 Å². The summed E-state index contributed by atoms with van der Waals surface area (Å²) in [5, 5.41) is 18.1. The van der Waals surface area contributed by atoms with Crippen LogP contribution in [0.1, 0.15) is 43.8 Å². The van der Waals surface area contributed by atoms with Crippen LogP contribution in [0.15, 0.2) is 0 Å². The smallest absolute Gasteiger partial charge is 0.352 e. The molecule has 2 aliphatic rings. The average molecular weight is 314 g/mol. The van der Waals surface area contributed by atoms with Crippen LogP contribution in [0.2, 0.25) is 0 Å². The summed E-state index contributed by atoms with van der Waals surface area (Å²) < 4.78 is 30.6. The number of hydrogen-bond donors (Lipinski definition) is 1. The average Bonchev–Trinajstić information content (AvgIpc) is 3.17. The second kappa shape index (κ2) is 5.26. The highest BCUT2D eigenvalue weighted by molar-refractivity contribution is 5.84. The van der Waals surface area contributed by atoms with E-state index in [2.05, 4.69) is 10.2 Å². The van der Waals surface area contributed by atoms with Gasteiger partial charge in [-0.3, -0.25) is 4.79 Å². The summed E-state index contributed by atoms with van der Waals surface area (Å²) in [5.74, 6) is -3.78. The van der Waals surface area contributed by atoms with Gasteiger partial charge >= 0.3 is 5.92 Å². The van der Waals surface area contributed by atoms with Crippen LogP contribution in [0.3, 0.4) is 0 Å². The molecule has 1 aromatic rings. The summed E-state index contributed by atoms with van der Waals surface area (Å²) in [7, 11) is 1.31. The lowest BCUT2D eigenvalue weighted by Gasteiger charge is -2.33. The number of amides is 1. The maximum Gasteiger partial charge on any atom is 0.352 e. The van der Waals surface area contributed by atoms with Crippen LogP contribution >= 0.6 is 0 Å². The first kappa shape index (κ1) is 15.3. The van der Waals surface area contributed by atoms with Crippen LogP contribution in [0.5, 0.6) is 0 Å². The summed E-state index contributed by atoms with van der Waals surface area (Å²) in [5.41, 5.74) is -2.22. The fraction of sp³-hybridized carbons (Fsp3) is 0.786. The Bertz CT molecular complexity index is 581. The molecule has 1 saturated carbocycles. The molecule has 0 bridgehead atoms. The van der Waals surface area contributed by atoms with Crippen LogP contribution in [-0.4, -0.2) is 49.2 Å². The lowest BCUT2D eigenvalue weighted by molar-refractivity contribution is -0.199. The number of aromatic nitrogens is 3.